The summed E-state index contributed by atoms with van der Waals surface area (Å²) in [5.41, 5.74) is 1.99. The van der Waals surface area contributed by atoms with Gasteiger partial charge in [0, 0.05) is 11.8 Å². The summed E-state index contributed by atoms with van der Waals surface area (Å²) in [7, 11) is 2.78. The third-order valence-electron chi connectivity index (χ3n) is 4.37. The van der Waals surface area contributed by atoms with E-state index in [4.69, 9.17) is 21.1 Å². The number of esters is 1. The number of nitrogens with one attached hydrogen (secondary N) is 2. The van der Waals surface area contributed by atoms with Gasteiger partial charge in [0.25, 0.3) is 0 Å². The van der Waals surface area contributed by atoms with E-state index in [0.29, 0.717) is 34.4 Å². The average Bonchev–Trinajstić information content (AvgIpc) is 2.81. The van der Waals surface area contributed by atoms with E-state index in [-0.39, 0.29) is 24.8 Å². The van der Waals surface area contributed by atoms with Crippen LogP contribution in [0.2, 0.25) is 5.02 Å². The number of amides is 2. The minimum atomic E-state index is -0.518. The van der Waals surface area contributed by atoms with Crippen LogP contribution in [-0.2, 0) is 25.5 Å². The Bertz CT molecular complexity index is 1000. The minimum Gasteiger partial charge on any atom is -0.493 e. The SMILES string of the molecule is CCCOc1c(Cl)cc(/C=C/C(=O)Nc2ccc(CC(=O)NCC(=O)OC)cc2)cc1OC. The molecule has 0 radical (unpaired) electrons. The molecule has 0 aliphatic heterocycles. The van der Waals surface area contributed by atoms with Gasteiger partial charge in [0.15, 0.2) is 11.5 Å². The highest BCUT2D eigenvalue weighted by Crippen LogP contribution is 2.36. The van der Waals surface area contributed by atoms with Crippen LogP contribution < -0.4 is 20.1 Å². The normalized spacial score (nSPS) is 10.5. The van der Waals surface area contributed by atoms with E-state index in [1.54, 1.807) is 42.5 Å². The van der Waals surface area contributed by atoms with E-state index in [9.17, 15) is 14.4 Å². The van der Waals surface area contributed by atoms with Crippen LogP contribution in [0.25, 0.3) is 6.08 Å². The van der Waals surface area contributed by atoms with Crippen molar-refractivity contribution in [2.75, 3.05) is 32.7 Å². The molecule has 2 aromatic carbocycles. The van der Waals surface area contributed by atoms with Gasteiger partial charge in [-0.2, -0.15) is 0 Å². The Morgan fingerprint density at radius 1 is 1.09 bits per heavy atom. The first-order valence-corrected chi connectivity index (χ1v) is 10.7. The zero-order chi connectivity index (χ0) is 24.2. The lowest BCUT2D eigenvalue weighted by atomic mass is 10.1. The Morgan fingerprint density at radius 3 is 2.45 bits per heavy atom. The van der Waals surface area contributed by atoms with Crippen molar-refractivity contribution in [2.45, 2.75) is 19.8 Å². The summed E-state index contributed by atoms with van der Waals surface area (Å²) in [6.07, 6.45) is 3.94. The highest BCUT2D eigenvalue weighted by atomic mass is 35.5. The Hall–Kier alpha value is -3.52. The summed E-state index contributed by atoms with van der Waals surface area (Å²) in [4.78, 5) is 35.2. The summed E-state index contributed by atoms with van der Waals surface area (Å²) in [6, 6.07) is 10.2. The molecule has 0 heterocycles. The van der Waals surface area contributed by atoms with E-state index in [2.05, 4.69) is 15.4 Å². The molecule has 0 fully saturated rings. The second-order valence-corrected chi connectivity index (χ2v) is 7.34. The molecular formula is C24H27ClN2O6. The highest BCUT2D eigenvalue weighted by Gasteiger charge is 2.11. The zero-order valence-electron chi connectivity index (χ0n) is 18.8. The number of carbonyl (C=O) groups excluding carboxylic acids is 3. The van der Waals surface area contributed by atoms with Crippen LogP contribution in [0.1, 0.15) is 24.5 Å². The van der Waals surface area contributed by atoms with Crippen molar-refractivity contribution in [1.82, 2.24) is 5.32 Å². The lowest BCUT2D eigenvalue weighted by Crippen LogP contribution is -2.31. The number of halogens is 1. The largest absolute Gasteiger partial charge is 0.493 e. The van der Waals surface area contributed by atoms with Crippen molar-refractivity contribution in [1.29, 1.82) is 0 Å². The van der Waals surface area contributed by atoms with E-state index < -0.39 is 5.97 Å². The van der Waals surface area contributed by atoms with E-state index in [0.717, 1.165) is 12.0 Å². The molecule has 0 spiro atoms. The van der Waals surface area contributed by atoms with Crippen LogP contribution in [0.4, 0.5) is 5.69 Å². The smallest absolute Gasteiger partial charge is 0.325 e. The predicted molar refractivity (Wildman–Crippen MR) is 127 cm³/mol. The van der Waals surface area contributed by atoms with Crippen LogP contribution in [0.3, 0.4) is 0 Å². The Morgan fingerprint density at radius 2 is 1.82 bits per heavy atom. The van der Waals surface area contributed by atoms with Gasteiger partial charge in [0.1, 0.15) is 6.54 Å². The maximum Gasteiger partial charge on any atom is 0.325 e. The minimum absolute atomic E-state index is 0.103. The summed E-state index contributed by atoms with van der Waals surface area (Å²) < 4.78 is 15.4. The molecule has 2 amide bonds. The number of anilines is 1. The van der Waals surface area contributed by atoms with Crippen molar-refractivity contribution in [3.05, 3.63) is 58.6 Å². The quantitative estimate of drug-likeness (QED) is 0.381. The standard InChI is InChI=1S/C24H27ClN2O6/c1-4-11-33-24-19(25)12-17(13-20(24)31-2)7-10-21(28)27-18-8-5-16(6-9-18)14-22(29)26-15-23(30)32-3/h5-10,12-13H,4,11,14-15H2,1-3H3,(H,26,29)(H,27,28)/b10-7+. The van der Waals surface area contributed by atoms with Gasteiger partial charge in [-0.3, -0.25) is 14.4 Å². The molecule has 0 unspecified atom stereocenters. The molecule has 2 rings (SSSR count). The molecule has 0 aliphatic rings. The Kier molecular flexibility index (Phi) is 10.2. The maximum atomic E-state index is 12.3. The molecule has 8 nitrogen and oxygen atoms in total. The number of carbonyl (C=O) groups is 3. The van der Waals surface area contributed by atoms with Crippen LogP contribution in [-0.4, -0.2) is 45.2 Å². The molecule has 0 aliphatic carbocycles. The van der Waals surface area contributed by atoms with Crippen molar-refractivity contribution < 1.29 is 28.6 Å². The first-order chi connectivity index (χ1) is 15.9. The summed E-state index contributed by atoms with van der Waals surface area (Å²) in [5, 5.41) is 5.61. The summed E-state index contributed by atoms with van der Waals surface area (Å²) >= 11 is 6.30. The lowest BCUT2D eigenvalue weighted by Gasteiger charge is -2.12. The predicted octanol–water partition coefficient (Wildman–Crippen LogP) is 3.62. The highest BCUT2D eigenvalue weighted by molar-refractivity contribution is 6.32. The summed E-state index contributed by atoms with van der Waals surface area (Å²) in [6.45, 7) is 2.33. The number of benzene rings is 2. The number of ether oxygens (including phenoxy) is 3. The number of hydrogen-bond acceptors (Lipinski definition) is 6. The average molecular weight is 475 g/mol. The molecule has 2 aromatic rings. The van der Waals surface area contributed by atoms with Crippen molar-refractivity contribution in [3.63, 3.8) is 0 Å². The van der Waals surface area contributed by atoms with Gasteiger partial charge in [-0.1, -0.05) is 30.7 Å². The van der Waals surface area contributed by atoms with Gasteiger partial charge in [-0.15, -0.1) is 0 Å². The molecular weight excluding hydrogens is 448 g/mol. The lowest BCUT2D eigenvalue weighted by molar-refractivity contribution is -0.141. The van der Waals surface area contributed by atoms with Crippen LogP contribution in [0.5, 0.6) is 11.5 Å². The van der Waals surface area contributed by atoms with Crippen molar-refractivity contribution in [2.24, 2.45) is 0 Å². The summed E-state index contributed by atoms with van der Waals surface area (Å²) in [5.74, 6) is -0.194. The van der Waals surface area contributed by atoms with Crippen LogP contribution in [0.15, 0.2) is 42.5 Å². The van der Waals surface area contributed by atoms with E-state index in [1.165, 1.54) is 20.3 Å². The fraction of sp³-hybridized carbons (Fsp3) is 0.292. The van der Waals surface area contributed by atoms with Gasteiger partial charge in [0.2, 0.25) is 11.8 Å². The molecule has 0 saturated carbocycles. The third kappa shape index (κ3) is 8.50. The Balaban J connectivity index is 1.94. The fourth-order valence-corrected chi connectivity index (χ4v) is 3.01. The fourth-order valence-electron chi connectivity index (χ4n) is 2.73. The zero-order valence-corrected chi connectivity index (χ0v) is 19.5. The van der Waals surface area contributed by atoms with Gasteiger partial charge >= 0.3 is 5.97 Å². The monoisotopic (exact) mass is 474 g/mol. The molecule has 9 heteroatoms. The van der Waals surface area contributed by atoms with Crippen LogP contribution >= 0.6 is 11.6 Å². The molecule has 176 valence electrons. The first-order valence-electron chi connectivity index (χ1n) is 10.3. The van der Waals surface area contributed by atoms with Gasteiger partial charge < -0.3 is 24.8 Å². The third-order valence-corrected chi connectivity index (χ3v) is 4.65. The molecule has 2 N–H and O–H groups in total. The number of rotatable bonds is 11. The van der Waals surface area contributed by atoms with E-state index in [1.807, 2.05) is 6.92 Å². The van der Waals surface area contributed by atoms with Gasteiger partial charge in [0.05, 0.1) is 32.3 Å². The van der Waals surface area contributed by atoms with Gasteiger partial charge in [-0.25, -0.2) is 0 Å². The van der Waals surface area contributed by atoms with E-state index >= 15 is 0 Å². The maximum absolute atomic E-state index is 12.3. The second-order valence-electron chi connectivity index (χ2n) is 6.93. The molecule has 0 aromatic heterocycles. The molecule has 0 bridgehead atoms. The molecule has 33 heavy (non-hydrogen) atoms. The molecule has 0 saturated heterocycles. The van der Waals surface area contributed by atoms with Crippen molar-refractivity contribution in [3.8, 4) is 11.5 Å². The number of hydrogen-bond donors (Lipinski definition) is 2. The first kappa shape index (κ1) is 25.7. The second kappa shape index (κ2) is 13.1. The van der Waals surface area contributed by atoms with Crippen LogP contribution in [0, 0.1) is 0 Å². The topological polar surface area (TPSA) is 103 Å². The molecule has 0 atom stereocenters. The Labute approximate surface area is 197 Å². The van der Waals surface area contributed by atoms with Gasteiger partial charge in [-0.05, 0) is 47.9 Å². The number of methoxy groups -OCH3 is 2. The van der Waals surface area contributed by atoms with Crippen molar-refractivity contribution >= 4 is 41.1 Å².